The van der Waals surface area contributed by atoms with E-state index in [1.807, 2.05) is 31.2 Å². The number of hydrogen-bond donors (Lipinski definition) is 3. The molecule has 8 heteroatoms. The second-order valence-corrected chi connectivity index (χ2v) is 8.61. The Morgan fingerprint density at radius 3 is 2.47 bits per heavy atom. The fraction of sp³-hybridized carbons (Fsp3) is 0.591. The maximum atomic E-state index is 13.5. The molecule has 1 aromatic rings. The van der Waals surface area contributed by atoms with Crippen LogP contribution in [0, 0.1) is 6.92 Å². The number of nitrogens with two attached hydrogens (primary N) is 2. The Bertz CT molecular complexity index is 810. The zero-order chi connectivity index (χ0) is 22.1. The van der Waals surface area contributed by atoms with Crippen molar-refractivity contribution in [2.75, 3.05) is 13.1 Å². The van der Waals surface area contributed by atoms with E-state index in [4.69, 9.17) is 11.5 Å². The van der Waals surface area contributed by atoms with Crippen LogP contribution in [0.2, 0.25) is 0 Å². The summed E-state index contributed by atoms with van der Waals surface area (Å²) in [6, 6.07) is 6.09. The molecule has 0 radical (unpaired) electrons. The van der Waals surface area contributed by atoms with Crippen LogP contribution in [0.1, 0.15) is 43.7 Å². The largest absolute Gasteiger partial charge is 0.391 e. The highest BCUT2D eigenvalue weighted by Crippen LogP contribution is 2.35. The van der Waals surface area contributed by atoms with Gasteiger partial charge in [0.1, 0.15) is 17.6 Å². The summed E-state index contributed by atoms with van der Waals surface area (Å²) in [5.74, 6) is -1.23. The molecule has 2 saturated heterocycles. The van der Waals surface area contributed by atoms with Crippen LogP contribution in [0.15, 0.2) is 24.3 Å². The molecular formula is C22H32N4O4. The van der Waals surface area contributed by atoms with Crippen molar-refractivity contribution in [2.24, 2.45) is 11.5 Å². The van der Waals surface area contributed by atoms with Crippen molar-refractivity contribution in [2.45, 2.75) is 69.7 Å². The summed E-state index contributed by atoms with van der Waals surface area (Å²) in [6.07, 6.45) is 1.69. The van der Waals surface area contributed by atoms with Gasteiger partial charge in [-0.05, 0) is 45.1 Å². The average molecular weight is 417 g/mol. The van der Waals surface area contributed by atoms with E-state index in [1.165, 1.54) is 11.8 Å². The normalized spacial score (nSPS) is 25.9. The van der Waals surface area contributed by atoms with Gasteiger partial charge in [-0.25, -0.2) is 0 Å². The van der Waals surface area contributed by atoms with E-state index in [0.717, 1.165) is 11.1 Å². The number of rotatable bonds is 6. The molecule has 3 rings (SSSR count). The Hall–Kier alpha value is -2.45. The third-order valence-corrected chi connectivity index (χ3v) is 6.46. The summed E-state index contributed by atoms with van der Waals surface area (Å²) in [4.78, 5) is 41.9. The van der Waals surface area contributed by atoms with Gasteiger partial charge in [-0.3, -0.25) is 14.4 Å². The van der Waals surface area contributed by atoms with E-state index >= 15 is 0 Å². The van der Waals surface area contributed by atoms with Crippen LogP contribution in [-0.2, 0) is 20.8 Å². The molecule has 0 aliphatic carbocycles. The summed E-state index contributed by atoms with van der Waals surface area (Å²) in [6.45, 7) is 4.28. The van der Waals surface area contributed by atoms with Crippen molar-refractivity contribution in [1.82, 2.24) is 9.80 Å². The summed E-state index contributed by atoms with van der Waals surface area (Å²) in [5.41, 5.74) is 12.6. The number of likely N-dealkylation sites (tertiary alicyclic amines) is 2. The average Bonchev–Trinajstić information content (AvgIpc) is 3.36. The Morgan fingerprint density at radius 2 is 1.87 bits per heavy atom. The van der Waals surface area contributed by atoms with Gasteiger partial charge in [0.2, 0.25) is 17.7 Å². The van der Waals surface area contributed by atoms with Gasteiger partial charge >= 0.3 is 0 Å². The van der Waals surface area contributed by atoms with E-state index in [-0.39, 0.29) is 5.91 Å². The van der Waals surface area contributed by atoms with Gasteiger partial charge in [0.05, 0.1) is 6.10 Å². The summed E-state index contributed by atoms with van der Waals surface area (Å²) >= 11 is 0. The maximum absolute atomic E-state index is 13.5. The van der Waals surface area contributed by atoms with Crippen molar-refractivity contribution in [3.8, 4) is 0 Å². The van der Waals surface area contributed by atoms with E-state index in [0.29, 0.717) is 45.2 Å². The molecule has 4 unspecified atom stereocenters. The maximum Gasteiger partial charge on any atom is 0.246 e. The minimum absolute atomic E-state index is 0.262. The molecule has 2 heterocycles. The predicted molar refractivity (Wildman–Crippen MR) is 112 cm³/mol. The van der Waals surface area contributed by atoms with E-state index in [1.54, 1.807) is 4.90 Å². The number of aliphatic hydroxyl groups is 1. The summed E-state index contributed by atoms with van der Waals surface area (Å²) < 4.78 is 0. The lowest BCUT2D eigenvalue weighted by Gasteiger charge is -2.39. The van der Waals surface area contributed by atoms with Gasteiger partial charge in [0, 0.05) is 19.5 Å². The fourth-order valence-electron chi connectivity index (χ4n) is 4.64. The molecule has 3 amide bonds. The van der Waals surface area contributed by atoms with Crippen molar-refractivity contribution in [3.05, 3.63) is 35.4 Å². The van der Waals surface area contributed by atoms with Crippen LogP contribution in [-0.4, -0.2) is 69.4 Å². The number of carbonyl (C=O) groups excluding carboxylic acids is 3. The van der Waals surface area contributed by atoms with Crippen LogP contribution < -0.4 is 11.5 Å². The Morgan fingerprint density at radius 1 is 1.20 bits per heavy atom. The second-order valence-electron chi connectivity index (χ2n) is 8.61. The lowest BCUT2D eigenvalue weighted by molar-refractivity contribution is -0.151. The molecule has 2 aliphatic rings. The van der Waals surface area contributed by atoms with Crippen LogP contribution >= 0.6 is 0 Å². The first-order valence-electron chi connectivity index (χ1n) is 10.6. The zero-order valence-corrected chi connectivity index (χ0v) is 17.7. The Balaban J connectivity index is 1.86. The molecule has 0 spiro atoms. The fourth-order valence-corrected chi connectivity index (χ4v) is 4.64. The van der Waals surface area contributed by atoms with Crippen LogP contribution in [0.4, 0.5) is 0 Å². The summed E-state index contributed by atoms with van der Waals surface area (Å²) in [5, 5.41) is 9.70. The minimum Gasteiger partial charge on any atom is -0.391 e. The molecule has 0 saturated carbocycles. The third kappa shape index (κ3) is 4.06. The molecule has 2 fully saturated rings. The standard InChI is InChI=1S/C22H32N4O4/c1-14-6-8-16(9-7-14)13-22(21(24)30)10-4-12-26(22)19(28)17-5-3-11-25(17)20(29)18(23)15(2)27/h6-9,15,17-18,27H,3-5,10-13,23H2,1-2H3,(H2,24,30). The number of amides is 3. The Labute approximate surface area is 177 Å². The smallest absolute Gasteiger partial charge is 0.246 e. The molecule has 30 heavy (non-hydrogen) atoms. The van der Waals surface area contributed by atoms with Gasteiger partial charge in [-0.15, -0.1) is 0 Å². The monoisotopic (exact) mass is 416 g/mol. The van der Waals surface area contributed by atoms with Gasteiger partial charge in [0.25, 0.3) is 0 Å². The number of aliphatic hydroxyl groups excluding tert-OH is 1. The van der Waals surface area contributed by atoms with Crippen molar-refractivity contribution >= 4 is 17.7 Å². The molecule has 1 aromatic carbocycles. The lowest BCUT2D eigenvalue weighted by atomic mass is 9.86. The number of benzene rings is 1. The topological polar surface area (TPSA) is 130 Å². The van der Waals surface area contributed by atoms with Crippen LogP contribution in [0.3, 0.4) is 0 Å². The molecule has 0 bridgehead atoms. The molecule has 164 valence electrons. The van der Waals surface area contributed by atoms with Gasteiger partial charge in [-0.2, -0.15) is 0 Å². The zero-order valence-electron chi connectivity index (χ0n) is 17.7. The number of carbonyl (C=O) groups is 3. The van der Waals surface area contributed by atoms with Crippen molar-refractivity contribution in [1.29, 1.82) is 0 Å². The number of nitrogens with zero attached hydrogens (tertiary/aromatic N) is 2. The molecule has 4 atom stereocenters. The van der Waals surface area contributed by atoms with E-state index in [2.05, 4.69) is 0 Å². The first-order chi connectivity index (χ1) is 14.2. The van der Waals surface area contributed by atoms with Gasteiger partial charge < -0.3 is 26.4 Å². The van der Waals surface area contributed by atoms with Crippen molar-refractivity contribution < 1.29 is 19.5 Å². The minimum atomic E-state index is -1.10. The van der Waals surface area contributed by atoms with E-state index in [9.17, 15) is 19.5 Å². The van der Waals surface area contributed by atoms with E-state index < -0.39 is 35.5 Å². The van der Waals surface area contributed by atoms with Gasteiger partial charge in [-0.1, -0.05) is 29.8 Å². The third-order valence-electron chi connectivity index (χ3n) is 6.46. The highest BCUT2D eigenvalue weighted by molar-refractivity contribution is 5.95. The predicted octanol–water partition coefficient (Wildman–Crippen LogP) is 0.0831. The molecule has 8 nitrogen and oxygen atoms in total. The van der Waals surface area contributed by atoms with Crippen molar-refractivity contribution in [3.63, 3.8) is 0 Å². The number of aryl methyl sites for hydroxylation is 1. The highest BCUT2D eigenvalue weighted by atomic mass is 16.3. The first kappa shape index (κ1) is 22.2. The highest BCUT2D eigenvalue weighted by Gasteiger charge is 2.51. The van der Waals surface area contributed by atoms with Crippen LogP contribution in [0.25, 0.3) is 0 Å². The quantitative estimate of drug-likeness (QED) is 0.605. The molecular weight excluding hydrogens is 384 g/mol. The summed E-state index contributed by atoms with van der Waals surface area (Å²) in [7, 11) is 0. The molecule has 5 N–H and O–H groups in total. The number of hydrogen-bond acceptors (Lipinski definition) is 5. The van der Waals surface area contributed by atoms with Gasteiger partial charge in [0.15, 0.2) is 0 Å². The number of primary amides is 1. The molecule has 2 aliphatic heterocycles. The van der Waals surface area contributed by atoms with Crippen LogP contribution in [0.5, 0.6) is 0 Å². The first-order valence-corrected chi connectivity index (χ1v) is 10.6. The second kappa shape index (κ2) is 8.73. The lowest BCUT2D eigenvalue weighted by Crippen LogP contribution is -2.62. The SMILES string of the molecule is Cc1ccc(CC2(C(N)=O)CCCN2C(=O)C2CCCN2C(=O)C(N)C(C)O)cc1. The Kier molecular flexibility index (Phi) is 6.47. The molecule has 0 aromatic heterocycles.